The summed E-state index contributed by atoms with van der Waals surface area (Å²) in [6.45, 7) is 2.10. The number of hydrogen-bond acceptors (Lipinski definition) is 21. The summed E-state index contributed by atoms with van der Waals surface area (Å²) in [6.07, 6.45) is 1.57. The fraction of sp³-hybridized carbons (Fsp3) is 0.462. The van der Waals surface area contributed by atoms with Crippen LogP contribution in [-0.2, 0) is 0 Å². The molecule has 10 aliphatic rings. The molecule has 3 atom stereocenters. The van der Waals surface area contributed by atoms with E-state index in [0.29, 0.717) is 44.7 Å². The second-order valence-electron chi connectivity index (χ2n) is 20.1. The molecule has 29 nitrogen and oxygen atoms in total. The van der Waals surface area contributed by atoms with Crippen LogP contribution in [0.4, 0.5) is 0 Å². The van der Waals surface area contributed by atoms with Gasteiger partial charge >= 0.3 is 0 Å². The number of unbranched alkanes of at least 4 members (excludes halogenated alkanes) is 1. The fourth-order valence-corrected chi connectivity index (χ4v) is 10.7. The summed E-state index contributed by atoms with van der Waals surface area (Å²) in [4.78, 5) is 118. The van der Waals surface area contributed by atoms with Crippen molar-refractivity contribution < 1.29 is 96.1 Å². The van der Waals surface area contributed by atoms with Gasteiger partial charge in [0.05, 0.1) is 22.3 Å². The van der Waals surface area contributed by atoms with Crippen molar-refractivity contribution in [3.05, 3.63) is 112 Å². The number of amides is 8. The van der Waals surface area contributed by atoms with Gasteiger partial charge in [-0.1, -0.05) is 55.3 Å². The molecule has 0 saturated carbocycles. The van der Waals surface area contributed by atoms with E-state index in [1.54, 1.807) is 0 Å². The number of fused-ring (bicyclic) bond motifs is 2. The first kappa shape index (κ1) is 68.6. The molecule has 4 aromatic rings. The molecule has 473 valence electrons. The van der Waals surface area contributed by atoms with Crippen LogP contribution in [0, 0.1) is 55.4 Å². The summed E-state index contributed by atoms with van der Waals surface area (Å²) in [5.41, 5.74) is 4.41. The largest absolute Gasteiger partial charge is 0.427 e. The topological polar surface area (TPSA) is 372 Å². The maximum atomic E-state index is 14.2. The Balaban J connectivity index is 0.0000118. The molecule has 12 bridgehead atoms. The second-order valence-corrected chi connectivity index (χ2v) is 21.6. The maximum Gasteiger partial charge on any atom is 0.271 e. The number of hydrogen-bond donors (Lipinski definition) is 13. The van der Waals surface area contributed by atoms with Crippen molar-refractivity contribution >= 4 is 96.1 Å². The molecule has 14 N–H and O–H groups in total. The van der Waals surface area contributed by atoms with Gasteiger partial charge in [-0.3, -0.25) is 58.0 Å². The Kier molecular flexibility index (Phi) is 26.3. The average Bonchev–Trinajstić information content (AvgIpc) is 2.24. The summed E-state index contributed by atoms with van der Waals surface area (Å²) >= 11 is 22.0. The molecule has 14 rings (SSSR count). The van der Waals surface area contributed by atoms with Gasteiger partial charge in [-0.15, -0.1) is 0 Å². The molecule has 14 heterocycles. The molecule has 4 aromatic heterocycles. The molecule has 2 unspecified atom stereocenters. The minimum absolute atomic E-state index is 0. The number of carbonyl (C=O) groups excluding carboxylic acids is 8. The molecule has 8 amide bonds. The van der Waals surface area contributed by atoms with E-state index in [2.05, 4.69) is 42.5 Å². The van der Waals surface area contributed by atoms with E-state index in [1.807, 2.05) is 19.6 Å². The van der Waals surface area contributed by atoms with Crippen molar-refractivity contribution in [2.24, 2.45) is 5.73 Å². The Morgan fingerprint density at radius 2 is 0.628 bits per heavy atom. The molecule has 0 fully saturated rings. The van der Waals surface area contributed by atoms with Crippen LogP contribution in [0.1, 0.15) is 103 Å². The predicted octanol–water partition coefficient (Wildman–Crippen LogP) is -0.555. The van der Waals surface area contributed by atoms with Gasteiger partial charge < -0.3 is 69.1 Å². The van der Waals surface area contributed by atoms with Crippen molar-refractivity contribution in [1.82, 2.24) is 81.1 Å². The fourth-order valence-electron chi connectivity index (χ4n) is 9.62. The van der Waals surface area contributed by atoms with Gasteiger partial charge in [0, 0.05) is 167 Å². The third-order valence-electron chi connectivity index (χ3n) is 14.4. The molecular formula is C52H69LuN17O12S4. The summed E-state index contributed by atoms with van der Waals surface area (Å²) in [5.74, 6) is -5.56. The van der Waals surface area contributed by atoms with Crippen molar-refractivity contribution in [2.75, 3.05) is 131 Å². The molecule has 34 heteroatoms. The SMILES string of the molecule is NCCCC[C@H]1CN2CCNC(=O)c3ccc(n(O)c3=S)C(=O)NCCN(CCNC(=O)c3ccc(c(=S)n3O)C(=O)N1)CCN1CCNC(=O)c3ccc(c(=S)n3O)C(=O)NCCN(CCNC(=O)c3ccc(n(O)c3=S)C(=O)NCC1)CC2.[Lu]. The van der Waals surface area contributed by atoms with E-state index in [0.717, 1.165) is 0 Å². The van der Waals surface area contributed by atoms with E-state index >= 15 is 0 Å². The second kappa shape index (κ2) is 33.0. The first-order valence-electron chi connectivity index (χ1n) is 27.5. The zero-order valence-corrected chi connectivity index (χ0v) is 51.5. The number of nitrogens with zero attached hydrogens (tertiary/aromatic N) is 8. The first-order valence-corrected chi connectivity index (χ1v) is 29.1. The molecule has 0 spiro atoms. The summed E-state index contributed by atoms with van der Waals surface area (Å²) in [7, 11) is 0. The number of nitrogens with two attached hydrogens (primary N) is 1. The molecule has 0 aromatic carbocycles. The third-order valence-corrected chi connectivity index (χ3v) is 16.0. The Bertz CT molecular complexity index is 3330. The number of rotatable bonds is 4. The van der Waals surface area contributed by atoms with E-state index in [4.69, 9.17) is 54.6 Å². The smallest absolute Gasteiger partial charge is 0.271 e. The predicted molar refractivity (Wildman–Crippen MR) is 316 cm³/mol. The van der Waals surface area contributed by atoms with Gasteiger partial charge in [0.1, 0.15) is 22.8 Å². The van der Waals surface area contributed by atoms with E-state index in [-0.39, 0.29) is 225 Å². The van der Waals surface area contributed by atoms with Crippen LogP contribution in [0.5, 0.6) is 0 Å². The van der Waals surface area contributed by atoms with E-state index in [1.165, 1.54) is 48.5 Å². The van der Waals surface area contributed by atoms with Gasteiger partial charge in [0.15, 0.2) is 18.6 Å². The summed E-state index contributed by atoms with van der Waals surface area (Å²) in [5, 5.41) is 67.3. The Hall–Kier alpha value is -6.53. The number of pyridine rings is 4. The van der Waals surface area contributed by atoms with Crippen LogP contribution in [0.15, 0.2) is 48.5 Å². The maximum absolute atomic E-state index is 14.2. The van der Waals surface area contributed by atoms with Gasteiger partial charge in [-0.25, -0.2) is 0 Å². The Morgan fingerprint density at radius 3 is 0.919 bits per heavy atom. The van der Waals surface area contributed by atoms with Crippen molar-refractivity contribution in [2.45, 2.75) is 25.3 Å². The van der Waals surface area contributed by atoms with Crippen LogP contribution >= 0.6 is 48.9 Å². The summed E-state index contributed by atoms with van der Waals surface area (Å²) in [6, 6.07) is 9.71. The van der Waals surface area contributed by atoms with Crippen LogP contribution < -0.4 is 48.3 Å². The number of aromatic nitrogens is 4. The normalized spacial score (nSPS) is 21.5. The molecule has 0 saturated heterocycles. The van der Waals surface area contributed by atoms with Crippen molar-refractivity contribution in [3.8, 4) is 0 Å². The monoisotopic (exact) mass is 1430 g/mol. The average molecular weight is 1430 g/mol. The van der Waals surface area contributed by atoms with Crippen LogP contribution in [0.3, 0.4) is 0 Å². The standard InChI is InChI=1S/C52H69N17O12S4.Lu/c53-12-2-1-3-32-31-65-26-19-56-43(72)35-6-10-39(68(80)51(35)84)47(76)59-17-24-63(25-18-60-48(77)40-11-7-36(44(73)61-32)52(85)69(40)81)28-27-62-22-15-57-45(74)37-8-4-33(49(82)66(37)78)41(70)54-13-20-64(29-30-65)21-14-55-42(71)34-5-9-38(67(79)50(34)83)46(75)58-16-23-62;/h4-11,32,78-81H,1-3,12-31,53H2,(H,54,70)(H,55,71)(H,56,72)(H,57,74)(H,58,75)(H,59,76)(H,60,77)(H,61,73);/t32-;/m0./s1. The zero-order valence-electron chi connectivity index (χ0n) is 46.6. The molecule has 0 aliphatic carbocycles. The van der Waals surface area contributed by atoms with Crippen LogP contribution in [-0.4, -0.2) is 244 Å². The molecule has 10 aliphatic heterocycles. The Labute approximate surface area is 543 Å². The zero-order chi connectivity index (χ0) is 61.3. The van der Waals surface area contributed by atoms with Gasteiger partial charge in [-0.2, -0.15) is 18.9 Å². The minimum atomic E-state index is -0.735. The van der Waals surface area contributed by atoms with Gasteiger partial charge in [0.2, 0.25) is 0 Å². The van der Waals surface area contributed by atoms with Gasteiger partial charge in [0.25, 0.3) is 47.3 Å². The summed E-state index contributed by atoms with van der Waals surface area (Å²) < 4.78 is 0.437. The molecule has 86 heavy (non-hydrogen) atoms. The third kappa shape index (κ3) is 18.0. The quantitative estimate of drug-likeness (QED) is 0.0692. The van der Waals surface area contributed by atoms with Crippen molar-refractivity contribution in [3.63, 3.8) is 0 Å². The molecule has 1 radical (unpaired) electrons. The van der Waals surface area contributed by atoms with E-state index < -0.39 is 53.3 Å². The minimum Gasteiger partial charge on any atom is -0.427 e. The first-order chi connectivity index (χ1) is 40.8. The van der Waals surface area contributed by atoms with E-state index in [9.17, 15) is 59.2 Å². The number of nitrogens with one attached hydrogen (secondary N) is 8. The van der Waals surface area contributed by atoms with Crippen molar-refractivity contribution in [1.29, 1.82) is 0 Å². The Morgan fingerprint density at radius 1 is 0.372 bits per heavy atom. The van der Waals surface area contributed by atoms with Crippen LogP contribution in [0.2, 0.25) is 0 Å². The van der Waals surface area contributed by atoms with Crippen LogP contribution in [0.25, 0.3) is 0 Å². The molecular weight excluding hydrogens is 1360 g/mol. The van der Waals surface area contributed by atoms with Gasteiger partial charge in [-0.05, 0) is 67.9 Å². The number of carbonyl (C=O) groups is 8.